The van der Waals surface area contributed by atoms with Gasteiger partial charge in [0.25, 0.3) is 0 Å². The van der Waals surface area contributed by atoms with Crippen LogP contribution in [-0.4, -0.2) is 47.1 Å². The van der Waals surface area contributed by atoms with Crippen molar-refractivity contribution in [1.29, 1.82) is 0 Å². The molecule has 2 aliphatic heterocycles. The van der Waals surface area contributed by atoms with Gasteiger partial charge in [-0.2, -0.15) is 0 Å². The summed E-state index contributed by atoms with van der Waals surface area (Å²) in [6, 6.07) is 3.59. The maximum absolute atomic E-state index is 10.4. The molecular formula is C19H26N6O. The van der Waals surface area contributed by atoms with Crippen LogP contribution in [0.2, 0.25) is 0 Å². The van der Waals surface area contributed by atoms with Crippen molar-refractivity contribution < 1.29 is 4.79 Å². The van der Waals surface area contributed by atoms with E-state index in [9.17, 15) is 4.79 Å². The fourth-order valence-corrected chi connectivity index (χ4v) is 3.23. The Kier molecular flexibility index (Phi) is 5.99. The third-order valence-electron chi connectivity index (χ3n) is 4.58. The molecule has 1 amide bonds. The number of nitrogens with two attached hydrogens (primary N) is 1. The highest BCUT2D eigenvalue weighted by atomic mass is 16.1. The number of amides is 1. The number of aliphatic imine (C=N–C) groups is 2. The molecule has 7 heteroatoms. The largest absolute Gasteiger partial charge is 0.385 e. The lowest BCUT2D eigenvalue weighted by Crippen LogP contribution is -2.38. The van der Waals surface area contributed by atoms with Gasteiger partial charge in [0.15, 0.2) is 0 Å². The Labute approximate surface area is 154 Å². The zero-order valence-corrected chi connectivity index (χ0v) is 15.2. The van der Waals surface area contributed by atoms with Gasteiger partial charge in [-0.15, -0.1) is 0 Å². The normalized spacial score (nSPS) is 18.3. The van der Waals surface area contributed by atoms with Crippen molar-refractivity contribution in [3.8, 4) is 0 Å². The summed E-state index contributed by atoms with van der Waals surface area (Å²) in [4.78, 5) is 26.7. The summed E-state index contributed by atoms with van der Waals surface area (Å²) in [5.74, 6) is 1.56. The molecule has 1 aromatic rings. The van der Waals surface area contributed by atoms with Crippen LogP contribution in [0.25, 0.3) is 5.70 Å². The number of rotatable bonds is 9. The van der Waals surface area contributed by atoms with Crippen molar-refractivity contribution in [3.05, 3.63) is 30.1 Å². The second kappa shape index (κ2) is 8.60. The van der Waals surface area contributed by atoms with Gasteiger partial charge in [0, 0.05) is 25.7 Å². The van der Waals surface area contributed by atoms with Crippen molar-refractivity contribution >= 4 is 29.5 Å². The summed E-state index contributed by atoms with van der Waals surface area (Å²) >= 11 is 0. The Bertz CT molecular complexity index is 739. The molecule has 0 saturated carbocycles. The number of hydrogen-bond donors (Lipinski definition) is 2. The zero-order valence-electron chi connectivity index (χ0n) is 15.2. The molecule has 0 saturated heterocycles. The smallest absolute Gasteiger partial charge is 0.207 e. The second-order valence-electron chi connectivity index (χ2n) is 6.48. The highest BCUT2D eigenvalue weighted by molar-refractivity contribution is 6.02. The van der Waals surface area contributed by atoms with Gasteiger partial charge in [0.2, 0.25) is 6.41 Å². The number of nitrogens with one attached hydrogen (secondary N) is 1. The van der Waals surface area contributed by atoms with Gasteiger partial charge in [-0.3, -0.25) is 14.8 Å². The summed E-state index contributed by atoms with van der Waals surface area (Å²) < 4.78 is 0. The lowest BCUT2D eigenvalue weighted by molar-refractivity contribution is -0.109. The number of nitrogens with zero attached hydrogens (tertiary/aromatic N) is 4. The minimum Gasteiger partial charge on any atom is -0.385 e. The molecule has 0 radical (unpaired) electrons. The fourth-order valence-electron chi connectivity index (χ4n) is 3.23. The van der Waals surface area contributed by atoms with Crippen molar-refractivity contribution in [3.63, 3.8) is 0 Å². The highest BCUT2D eigenvalue weighted by Gasteiger charge is 2.30. The van der Waals surface area contributed by atoms with E-state index in [2.05, 4.69) is 33.2 Å². The van der Waals surface area contributed by atoms with E-state index in [1.54, 1.807) is 6.20 Å². The van der Waals surface area contributed by atoms with E-state index in [1.165, 1.54) is 0 Å². The third kappa shape index (κ3) is 3.92. The van der Waals surface area contributed by atoms with E-state index in [0.29, 0.717) is 12.4 Å². The van der Waals surface area contributed by atoms with E-state index < -0.39 is 0 Å². The number of aromatic nitrogens is 1. The lowest BCUT2D eigenvalue weighted by atomic mass is 10.1. The number of carbonyl (C=O) groups is 1. The average molecular weight is 354 g/mol. The van der Waals surface area contributed by atoms with E-state index in [4.69, 9.17) is 10.7 Å². The van der Waals surface area contributed by atoms with E-state index in [0.717, 1.165) is 68.0 Å². The minimum absolute atomic E-state index is 0.223. The molecule has 1 atom stereocenters. The topological polar surface area (TPSA) is 96.0 Å². The summed E-state index contributed by atoms with van der Waals surface area (Å²) in [7, 11) is 0. The Morgan fingerprint density at radius 3 is 3.04 bits per heavy atom. The van der Waals surface area contributed by atoms with Gasteiger partial charge in [-0.1, -0.05) is 13.3 Å². The number of carbonyl (C=O) groups excluding carboxylic acids is 1. The van der Waals surface area contributed by atoms with Crippen molar-refractivity contribution in [2.24, 2.45) is 15.7 Å². The summed E-state index contributed by atoms with van der Waals surface area (Å²) in [5.41, 5.74) is 8.89. The van der Waals surface area contributed by atoms with Crippen molar-refractivity contribution in [1.82, 2.24) is 15.2 Å². The van der Waals surface area contributed by atoms with E-state index in [1.807, 2.05) is 12.1 Å². The Hall–Kier alpha value is -2.70. The van der Waals surface area contributed by atoms with Crippen LogP contribution in [-0.2, 0) is 4.79 Å². The van der Waals surface area contributed by atoms with Crippen molar-refractivity contribution in [2.75, 3.05) is 13.1 Å². The number of pyridine rings is 1. The van der Waals surface area contributed by atoms with Gasteiger partial charge >= 0.3 is 0 Å². The molecule has 0 spiro atoms. The Balaban J connectivity index is 1.87. The molecule has 0 aromatic carbocycles. The molecule has 2 bridgehead atoms. The summed E-state index contributed by atoms with van der Waals surface area (Å²) in [6.45, 7) is 3.70. The average Bonchev–Trinajstić information content (AvgIpc) is 2.77. The van der Waals surface area contributed by atoms with E-state index in [-0.39, 0.29) is 6.04 Å². The molecular weight excluding hydrogens is 328 g/mol. The van der Waals surface area contributed by atoms with Crippen molar-refractivity contribution in [2.45, 2.75) is 45.1 Å². The number of fused-ring (bicyclic) bond motifs is 3. The van der Waals surface area contributed by atoms with Crippen LogP contribution in [0.1, 0.15) is 44.7 Å². The fraction of sp³-hybridized carbons (Fsp3) is 0.474. The minimum atomic E-state index is -0.223. The maximum atomic E-state index is 10.4. The first-order valence-electron chi connectivity index (χ1n) is 9.27. The van der Waals surface area contributed by atoms with Crippen LogP contribution in [0.5, 0.6) is 0 Å². The van der Waals surface area contributed by atoms with Crippen LogP contribution >= 0.6 is 0 Å². The predicted octanol–water partition coefficient (Wildman–Crippen LogP) is 2.22. The molecule has 1 aromatic heterocycles. The first kappa shape index (κ1) is 18.1. The standard InChI is InChI=1S/C19H26N6O/c1-2-3-8-17-23-15-12-16(25(17)11-5-4-9-21-13-26)18-14(24-19(15)20)7-6-10-22-18/h6-7,10,12-13,15H,2-5,8-9,11H2,1H3,(H2,20,24)(H,21,26). The number of hydrogen-bond acceptors (Lipinski definition) is 6. The van der Waals surface area contributed by atoms with Gasteiger partial charge in [0.1, 0.15) is 23.4 Å². The highest BCUT2D eigenvalue weighted by Crippen LogP contribution is 2.34. The molecule has 1 unspecified atom stereocenters. The maximum Gasteiger partial charge on any atom is 0.207 e. The summed E-state index contributed by atoms with van der Waals surface area (Å²) in [5, 5.41) is 2.72. The molecule has 26 heavy (non-hydrogen) atoms. The van der Waals surface area contributed by atoms with Crippen LogP contribution in [0.4, 0.5) is 5.69 Å². The van der Waals surface area contributed by atoms with Gasteiger partial charge < -0.3 is 16.0 Å². The third-order valence-corrected chi connectivity index (χ3v) is 4.58. The second-order valence-corrected chi connectivity index (χ2v) is 6.48. The summed E-state index contributed by atoms with van der Waals surface area (Å²) in [6.07, 6.45) is 9.56. The molecule has 3 N–H and O–H groups in total. The Morgan fingerprint density at radius 2 is 2.23 bits per heavy atom. The van der Waals surface area contributed by atoms with Crippen LogP contribution in [0.3, 0.4) is 0 Å². The molecule has 3 heterocycles. The van der Waals surface area contributed by atoms with Crippen LogP contribution < -0.4 is 11.1 Å². The molecule has 0 aliphatic carbocycles. The SMILES string of the molecule is CCCCC1=NC2C=C(c3ncccc3N=C2N)N1CCCCNC=O. The number of amidine groups is 2. The number of unbranched alkanes of at least 4 members (excludes halogenated alkanes) is 2. The Morgan fingerprint density at radius 1 is 1.35 bits per heavy atom. The van der Waals surface area contributed by atoms with Gasteiger partial charge in [-0.25, -0.2) is 4.99 Å². The first-order valence-corrected chi connectivity index (χ1v) is 9.27. The molecule has 3 rings (SSSR count). The molecule has 138 valence electrons. The zero-order chi connectivity index (χ0) is 18.4. The quantitative estimate of drug-likeness (QED) is 0.525. The van der Waals surface area contributed by atoms with Crippen LogP contribution in [0.15, 0.2) is 34.4 Å². The first-order chi connectivity index (χ1) is 12.7. The molecule has 2 aliphatic rings. The predicted molar refractivity (Wildman–Crippen MR) is 104 cm³/mol. The van der Waals surface area contributed by atoms with Crippen LogP contribution in [0, 0.1) is 0 Å². The monoisotopic (exact) mass is 354 g/mol. The van der Waals surface area contributed by atoms with Gasteiger partial charge in [-0.05, 0) is 37.5 Å². The molecule has 0 fully saturated rings. The lowest BCUT2D eigenvalue weighted by Gasteiger charge is -2.32. The van der Waals surface area contributed by atoms with E-state index >= 15 is 0 Å². The molecule has 7 nitrogen and oxygen atoms in total. The van der Waals surface area contributed by atoms with Gasteiger partial charge in [0.05, 0.1) is 11.4 Å².